The van der Waals surface area contributed by atoms with E-state index in [1.54, 1.807) is 0 Å². The number of rotatable bonds is 2. The largest absolute Gasteiger partial charge is 0.493 e. The van der Waals surface area contributed by atoms with Crippen LogP contribution >= 0.6 is 12.6 Å². The van der Waals surface area contributed by atoms with Gasteiger partial charge in [-0.1, -0.05) is 35.9 Å². The zero-order valence-corrected chi connectivity index (χ0v) is 12.7. The number of hydrogen-bond acceptors (Lipinski definition) is 3. The second-order valence-corrected chi connectivity index (χ2v) is 5.22. The fraction of sp³-hybridized carbons (Fsp3) is 0.0625. The summed E-state index contributed by atoms with van der Waals surface area (Å²) < 4.78 is 0. The molecule has 22 heavy (non-hydrogen) atoms. The number of aryl methyl sites for hydroxylation is 1. The van der Waals surface area contributed by atoms with Gasteiger partial charge in [-0.3, -0.25) is 0 Å². The van der Waals surface area contributed by atoms with Crippen LogP contribution < -0.4 is 0 Å². The Labute approximate surface area is 132 Å². The second kappa shape index (κ2) is 6.03. The van der Waals surface area contributed by atoms with E-state index in [1.165, 1.54) is 0 Å². The number of amidine groups is 1. The summed E-state index contributed by atoms with van der Waals surface area (Å²) in [5, 5.41) is 18.9. The van der Waals surface area contributed by atoms with E-state index >= 15 is 0 Å². The third-order valence-corrected chi connectivity index (χ3v) is 3.35. The molecule has 1 heterocycles. The number of H-pyrrole nitrogens is 1. The van der Waals surface area contributed by atoms with Gasteiger partial charge in [-0.2, -0.15) is 0 Å². The molecule has 0 aliphatic rings. The van der Waals surface area contributed by atoms with E-state index in [4.69, 9.17) is 0 Å². The quantitative estimate of drug-likeness (QED) is 0.268. The number of nitrogens with zero attached hydrogens (tertiary/aromatic N) is 3. The van der Waals surface area contributed by atoms with E-state index in [-0.39, 0.29) is 11.0 Å². The highest BCUT2D eigenvalue weighted by molar-refractivity contribution is 7.96. The minimum absolute atomic E-state index is 0.0265. The van der Waals surface area contributed by atoms with E-state index in [2.05, 4.69) is 32.8 Å². The van der Waals surface area contributed by atoms with Crippen molar-refractivity contribution in [1.29, 1.82) is 0 Å². The lowest BCUT2D eigenvalue weighted by molar-refractivity contribution is 0.459. The van der Waals surface area contributed by atoms with Gasteiger partial charge in [0.05, 0.1) is 11.2 Å². The standard InChI is InChI=1S/C16H14N4OS/c1-10-6-8-11(9-7-10)17-16(22)20-19-14-12-4-2-3-5-13(12)18-15(14)21/h2-9,18,21H,1H3,(H,17,22)/b20-19+. The highest BCUT2D eigenvalue weighted by Crippen LogP contribution is 2.35. The molecule has 0 unspecified atom stereocenters. The lowest BCUT2D eigenvalue weighted by Crippen LogP contribution is -1.78. The molecule has 0 atom stereocenters. The monoisotopic (exact) mass is 310 g/mol. The van der Waals surface area contributed by atoms with Crippen molar-refractivity contribution in [3.05, 3.63) is 54.1 Å². The van der Waals surface area contributed by atoms with E-state index in [9.17, 15) is 5.11 Å². The predicted molar refractivity (Wildman–Crippen MR) is 91.7 cm³/mol. The Morgan fingerprint density at radius 1 is 1.09 bits per heavy atom. The van der Waals surface area contributed by atoms with Crippen molar-refractivity contribution in [3.63, 3.8) is 0 Å². The summed E-state index contributed by atoms with van der Waals surface area (Å²) in [6.45, 7) is 2.01. The summed E-state index contributed by atoms with van der Waals surface area (Å²) in [6.07, 6.45) is 0. The van der Waals surface area contributed by atoms with Gasteiger partial charge in [-0.25, -0.2) is 4.99 Å². The van der Waals surface area contributed by atoms with Crippen molar-refractivity contribution in [2.75, 3.05) is 0 Å². The van der Waals surface area contributed by atoms with Gasteiger partial charge in [0.1, 0.15) is 0 Å². The molecule has 0 saturated heterocycles. The molecule has 6 heteroatoms. The van der Waals surface area contributed by atoms with E-state index in [0.717, 1.165) is 22.2 Å². The van der Waals surface area contributed by atoms with Crippen molar-refractivity contribution in [2.24, 2.45) is 15.2 Å². The number of aromatic amines is 1. The number of fused-ring (bicyclic) bond motifs is 1. The third kappa shape index (κ3) is 3.01. The number of aromatic nitrogens is 1. The molecular formula is C16H14N4OS. The van der Waals surface area contributed by atoms with Gasteiger partial charge in [0, 0.05) is 5.39 Å². The molecule has 0 bridgehead atoms. The summed E-state index contributed by atoms with van der Waals surface area (Å²) >= 11 is 4.20. The van der Waals surface area contributed by atoms with Crippen LogP contribution in [0.5, 0.6) is 5.88 Å². The lowest BCUT2D eigenvalue weighted by atomic mass is 10.2. The van der Waals surface area contributed by atoms with Crippen molar-refractivity contribution in [1.82, 2.24) is 4.98 Å². The Kier molecular flexibility index (Phi) is 3.93. The number of azo groups is 1. The zero-order chi connectivity index (χ0) is 15.5. The molecule has 3 rings (SSSR count). The maximum absolute atomic E-state index is 9.89. The molecular weight excluding hydrogens is 296 g/mol. The highest BCUT2D eigenvalue weighted by Gasteiger charge is 2.09. The first kappa shape index (κ1) is 14.3. The van der Waals surface area contributed by atoms with Crippen LogP contribution in [0.1, 0.15) is 5.56 Å². The number of hydrogen-bond donors (Lipinski definition) is 3. The molecule has 5 nitrogen and oxygen atoms in total. The van der Waals surface area contributed by atoms with Crippen molar-refractivity contribution in [3.8, 4) is 5.88 Å². The molecule has 2 N–H and O–H groups in total. The molecule has 0 saturated carbocycles. The topological polar surface area (TPSA) is 73.1 Å². The molecule has 3 aromatic rings. The van der Waals surface area contributed by atoms with E-state index in [0.29, 0.717) is 5.69 Å². The molecule has 110 valence electrons. The minimum atomic E-state index is -0.0265. The van der Waals surface area contributed by atoms with Gasteiger partial charge >= 0.3 is 0 Å². The molecule has 0 spiro atoms. The third-order valence-electron chi connectivity index (χ3n) is 3.16. The van der Waals surface area contributed by atoms with Gasteiger partial charge in [0.15, 0.2) is 5.69 Å². The van der Waals surface area contributed by atoms with E-state index < -0.39 is 0 Å². The minimum Gasteiger partial charge on any atom is -0.493 e. The first-order valence-electron chi connectivity index (χ1n) is 6.69. The first-order valence-corrected chi connectivity index (χ1v) is 7.14. The Balaban J connectivity index is 1.89. The van der Waals surface area contributed by atoms with Crippen LogP contribution in [0.25, 0.3) is 10.9 Å². The number of nitrogens with one attached hydrogen (secondary N) is 1. The van der Waals surface area contributed by atoms with Gasteiger partial charge in [0.2, 0.25) is 11.0 Å². The van der Waals surface area contributed by atoms with Gasteiger partial charge < -0.3 is 10.1 Å². The highest BCUT2D eigenvalue weighted by atomic mass is 32.1. The number of benzene rings is 2. The van der Waals surface area contributed by atoms with Gasteiger partial charge in [0.25, 0.3) is 0 Å². The first-order chi connectivity index (χ1) is 10.6. The SMILES string of the molecule is Cc1ccc(/N=C(S)/N=N/c2c(O)[nH]c3ccccc23)cc1. The summed E-state index contributed by atoms with van der Waals surface area (Å²) in [5.74, 6) is -0.0265. The van der Waals surface area contributed by atoms with Crippen LogP contribution in [0.2, 0.25) is 0 Å². The fourth-order valence-corrected chi connectivity index (χ4v) is 2.23. The zero-order valence-electron chi connectivity index (χ0n) is 11.9. The molecule has 2 aromatic carbocycles. The Hall–Kier alpha value is -2.60. The fourth-order valence-electron chi connectivity index (χ4n) is 2.07. The number of aromatic hydroxyl groups is 1. The lowest BCUT2D eigenvalue weighted by Gasteiger charge is -1.95. The Morgan fingerprint density at radius 2 is 1.82 bits per heavy atom. The van der Waals surface area contributed by atoms with E-state index in [1.807, 2.05) is 55.5 Å². The molecule has 0 aliphatic heterocycles. The van der Waals surface area contributed by atoms with Crippen LogP contribution in [-0.2, 0) is 0 Å². The van der Waals surface area contributed by atoms with Crippen molar-refractivity contribution >= 4 is 40.1 Å². The predicted octanol–water partition coefficient (Wildman–Crippen LogP) is 4.88. The summed E-state index contributed by atoms with van der Waals surface area (Å²) in [5.41, 5.74) is 3.08. The number of thiol groups is 1. The summed E-state index contributed by atoms with van der Waals surface area (Å²) in [7, 11) is 0. The van der Waals surface area contributed by atoms with Crippen LogP contribution in [0.3, 0.4) is 0 Å². The van der Waals surface area contributed by atoms with Crippen molar-refractivity contribution < 1.29 is 5.11 Å². The summed E-state index contributed by atoms with van der Waals surface area (Å²) in [6, 6.07) is 15.1. The normalized spacial score (nSPS) is 12.4. The maximum atomic E-state index is 9.89. The molecule has 0 amide bonds. The van der Waals surface area contributed by atoms with Crippen LogP contribution in [0, 0.1) is 6.92 Å². The van der Waals surface area contributed by atoms with Crippen LogP contribution in [-0.4, -0.2) is 15.3 Å². The Bertz CT molecular complexity index is 865. The van der Waals surface area contributed by atoms with Crippen LogP contribution in [0.4, 0.5) is 11.4 Å². The molecule has 0 fully saturated rings. The van der Waals surface area contributed by atoms with Gasteiger partial charge in [-0.05, 0) is 25.1 Å². The Morgan fingerprint density at radius 3 is 2.59 bits per heavy atom. The van der Waals surface area contributed by atoms with Crippen molar-refractivity contribution in [2.45, 2.75) is 6.92 Å². The molecule has 0 radical (unpaired) electrons. The summed E-state index contributed by atoms with van der Waals surface area (Å²) in [4.78, 5) is 7.08. The van der Waals surface area contributed by atoms with Gasteiger partial charge in [-0.15, -0.1) is 22.9 Å². The smallest absolute Gasteiger partial charge is 0.218 e. The molecule has 1 aromatic heterocycles. The number of para-hydroxylation sites is 1. The average molecular weight is 310 g/mol. The second-order valence-electron chi connectivity index (χ2n) is 4.82. The maximum Gasteiger partial charge on any atom is 0.218 e. The molecule has 0 aliphatic carbocycles. The average Bonchev–Trinajstić information content (AvgIpc) is 2.83. The van der Waals surface area contributed by atoms with Crippen LogP contribution in [0.15, 0.2) is 63.8 Å². The number of aliphatic imine (C=N–C) groups is 1.